The standard InChI is InChI=1S/C17H25N/c1-14(2)7-6-12-18-13-16-10-5-9-15-8-3-4-11-17(15)16/h4-5,9-11,14,18H,3,6-8,12-13H2,1-2H3. The van der Waals surface area contributed by atoms with Gasteiger partial charge in [-0.05, 0) is 54.8 Å². The lowest BCUT2D eigenvalue weighted by Gasteiger charge is -2.15. The van der Waals surface area contributed by atoms with Gasteiger partial charge in [-0.25, -0.2) is 0 Å². The van der Waals surface area contributed by atoms with Gasteiger partial charge in [0.15, 0.2) is 0 Å². The maximum atomic E-state index is 3.57. The van der Waals surface area contributed by atoms with E-state index >= 15 is 0 Å². The van der Waals surface area contributed by atoms with Crippen LogP contribution in [0.15, 0.2) is 24.3 Å². The quantitative estimate of drug-likeness (QED) is 0.739. The fourth-order valence-corrected chi connectivity index (χ4v) is 2.55. The zero-order valence-corrected chi connectivity index (χ0v) is 11.7. The number of nitrogens with one attached hydrogen (secondary N) is 1. The Hall–Kier alpha value is -1.08. The largest absolute Gasteiger partial charge is 0.313 e. The Labute approximate surface area is 111 Å². The molecule has 1 heteroatoms. The monoisotopic (exact) mass is 243 g/mol. The van der Waals surface area contributed by atoms with Gasteiger partial charge in [0, 0.05) is 6.54 Å². The molecule has 1 N–H and O–H groups in total. The third-order valence-electron chi connectivity index (χ3n) is 3.60. The Kier molecular flexibility index (Phi) is 5.00. The highest BCUT2D eigenvalue weighted by Crippen LogP contribution is 2.22. The van der Waals surface area contributed by atoms with Gasteiger partial charge in [-0.1, -0.05) is 44.2 Å². The summed E-state index contributed by atoms with van der Waals surface area (Å²) in [6.07, 6.45) is 9.59. The number of fused-ring (bicyclic) bond motifs is 1. The average molecular weight is 243 g/mol. The van der Waals surface area contributed by atoms with E-state index in [0.29, 0.717) is 0 Å². The predicted molar refractivity (Wildman–Crippen MR) is 79.6 cm³/mol. The first kappa shape index (κ1) is 13.4. The van der Waals surface area contributed by atoms with Gasteiger partial charge in [-0.15, -0.1) is 0 Å². The summed E-state index contributed by atoms with van der Waals surface area (Å²) >= 11 is 0. The minimum absolute atomic E-state index is 0.819. The Morgan fingerprint density at radius 3 is 3.00 bits per heavy atom. The van der Waals surface area contributed by atoms with Crippen molar-refractivity contribution < 1.29 is 0 Å². The van der Waals surface area contributed by atoms with Crippen LogP contribution in [0, 0.1) is 5.92 Å². The van der Waals surface area contributed by atoms with Crippen molar-refractivity contribution in [1.82, 2.24) is 5.32 Å². The van der Waals surface area contributed by atoms with E-state index in [1.165, 1.54) is 42.4 Å². The van der Waals surface area contributed by atoms with Crippen LogP contribution in [0.3, 0.4) is 0 Å². The lowest BCUT2D eigenvalue weighted by atomic mass is 9.93. The minimum atomic E-state index is 0.819. The first-order valence-electron chi connectivity index (χ1n) is 7.25. The van der Waals surface area contributed by atoms with Crippen molar-refractivity contribution in [2.24, 2.45) is 5.92 Å². The molecule has 0 radical (unpaired) electrons. The van der Waals surface area contributed by atoms with Crippen molar-refractivity contribution >= 4 is 6.08 Å². The number of allylic oxidation sites excluding steroid dienone is 1. The summed E-state index contributed by atoms with van der Waals surface area (Å²) in [6.45, 7) is 6.72. The molecule has 1 aliphatic carbocycles. The van der Waals surface area contributed by atoms with E-state index in [1.807, 2.05) is 0 Å². The van der Waals surface area contributed by atoms with Crippen LogP contribution in [0.2, 0.25) is 0 Å². The van der Waals surface area contributed by atoms with Crippen molar-refractivity contribution in [1.29, 1.82) is 0 Å². The Morgan fingerprint density at radius 1 is 1.28 bits per heavy atom. The molecule has 1 aromatic carbocycles. The zero-order chi connectivity index (χ0) is 12.8. The number of rotatable bonds is 6. The van der Waals surface area contributed by atoms with E-state index in [1.54, 1.807) is 0 Å². The number of hydrogen-bond donors (Lipinski definition) is 1. The van der Waals surface area contributed by atoms with Crippen LogP contribution < -0.4 is 5.32 Å². The van der Waals surface area contributed by atoms with Crippen LogP contribution in [0.1, 0.15) is 49.8 Å². The van der Waals surface area contributed by atoms with Gasteiger partial charge in [0.1, 0.15) is 0 Å². The maximum Gasteiger partial charge on any atom is 0.0211 e. The molecule has 0 aliphatic heterocycles. The van der Waals surface area contributed by atoms with Gasteiger partial charge >= 0.3 is 0 Å². The van der Waals surface area contributed by atoms with Crippen molar-refractivity contribution in [2.45, 2.75) is 46.1 Å². The summed E-state index contributed by atoms with van der Waals surface area (Å²) < 4.78 is 0. The molecule has 0 spiro atoms. The third-order valence-corrected chi connectivity index (χ3v) is 3.60. The second-order valence-corrected chi connectivity index (χ2v) is 5.64. The number of hydrogen-bond acceptors (Lipinski definition) is 1. The van der Waals surface area contributed by atoms with Crippen molar-refractivity contribution in [2.75, 3.05) is 6.54 Å². The van der Waals surface area contributed by atoms with Crippen molar-refractivity contribution in [3.63, 3.8) is 0 Å². The normalized spacial score (nSPS) is 13.9. The molecule has 0 saturated heterocycles. The van der Waals surface area contributed by atoms with Crippen LogP contribution in [0.25, 0.3) is 6.08 Å². The molecule has 0 fully saturated rings. The molecular formula is C17H25N. The molecule has 0 saturated carbocycles. The maximum absolute atomic E-state index is 3.57. The molecule has 0 heterocycles. The van der Waals surface area contributed by atoms with E-state index < -0.39 is 0 Å². The van der Waals surface area contributed by atoms with Crippen LogP contribution in [-0.4, -0.2) is 6.54 Å². The molecule has 1 nitrogen and oxygen atoms in total. The summed E-state index contributed by atoms with van der Waals surface area (Å²) in [5, 5.41) is 3.57. The van der Waals surface area contributed by atoms with Gasteiger partial charge in [0.05, 0.1) is 0 Å². The topological polar surface area (TPSA) is 12.0 Å². The first-order chi connectivity index (χ1) is 8.77. The molecule has 0 bridgehead atoms. The molecule has 0 atom stereocenters. The predicted octanol–water partition coefficient (Wildman–Crippen LogP) is 4.17. The molecule has 0 aromatic heterocycles. The number of benzene rings is 1. The van der Waals surface area contributed by atoms with Crippen LogP contribution in [0.4, 0.5) is 0 Å². The van der Waals surface area contributed by atoms with Crippen molar-refractivity contribution in [3.8, 4) is 0 Å². The fourth-order valence-electron chi connectivity index (χ4n) is 2.55. The highest BCUT2D eigenvalue weighted by molar-refractivity contribution is 5.60. The Balaban J connectivity index is 1.85. The summed E-state index contributed by atoms with van der Waals surface area (Å²) in [6, 6.07) is 6.72. The highest BCUT2D eigenvalue weighted by Gasteiger charge is 2.08. The molecule has 0 unspecified atom stereocenters. The molecule has 1 aromatic rings. The minimum Gasteiger partial charge on any atom is -0.313 e. The SMILES string of the molecule is CC(C)CCCNCc1cccc2c1C=CCC2. The van der Waals surface area contributed by atoms with Gasteiger partial charge < -0.3 is 5.32 Å². The van der Waals surface area contributed by atoms with Crippen LogP contribution >= 0.6 is 0 Å². The van der Waals surface area contributed by atoms with Crippen LogP contribution in [-0.2, 0) is 13.0 Å². The molecule has 0 amide bonds. The van der Waals surface area contributed by atoms with Gasteiger partial charge in [-0.3, -0.25) is 0 Å². The van der Waals surface area contributed by atoms with E-state index in [9.17, 15) is 0 Å². The van der Waals surface area contributed by atoms with Crippen LogP contribution in [0.5, 0.6) is 0 Å². The summed E-state index contributed by atoms with van der Waals surface area (Å²) in [7, 11) is 0. The highest BCUT2D eigenvalue weighted by atomic mass is 14.8. The Bertz CT molecular complexity index is 404. The van der Waals surface area contributed by atoms with Gasteiger partial charge in [0.2, 0.25) is 0 Å². The average Bonchev–Trinajstić information content (AvgIpc) is 2.38. The van der Waals surface area contributed by atoms with E-state index in [0.717, 1.165) is 19.0 Å². The van der Waals surface area contributed by atoms with E-state index in [-0.39, 0.29) is 0 Å². The second-order valence-electron chi connectivity index (χ2n) is 5.64. The lowest BCUT2D eigenvalue weighted by molar-refractivity contribution is 0.527. The van der Waals surface area contributed by atoms with Crippen molar-refractivity contribution in [3.05, 3.63) is 41.0 Å². The Morgan fingerprint density at radius 2 is 2.17 bits per heavy atom. The molecule has 98 valence electrons. The molecule has 2 rings (SSSR count). The number of aryl methyl sites for hydroxylation is 1. The summed E-state index contributed by atoms with van der Waals surface area (Å²) in [5.74, 6) is 0.819. The zero-order valence-electron chi connectivity index (χ0n) is 11.7. The smallest absolute Gasteiger partial charge is 0.0211 e. The molecule has 1 aliphatic rings. The fraction of sp³-hybridized carbons (Fsp3) is 0.529. The van der Waals surface area contributed by atoms with E-state index in [2.05, 4.69) is 49.5 Å². The summed E-state index contributed by atoms with van der Waals surface area (Å²) in [5.41, 5.74) is 4.42. The summed E-state index contributed by atoms with van der Waals surface area (Å²) in [4.78, 5) is 0. The first-order valence-corrected chi connectivity index (χ1v) is 7.25. The van der Waals surface area contributed by atoms with Gasteiger partial charge in [0.25, 0.3) is 0 Å². The second kappa shape index (κ2) is 6.75. The lowest BCUT2D eigenvalue weighted by Crippen LogP contribution is -2.16. The molecule has 18 heavy (non-hydrogen) atoms. The van der Waals surface area contributed by atoms with E-state index in [4.69, 9.17) is 0 Å². The molecular weight excluding hydrogens is 218 g/mol. The van der Waals surface area contributed by atoms with Gasteiger partial charge in [-0.2, -0.15) is 0 Å². The third kappa shape index (κ3) is 3.71.